The summed E-state index contributed by atoms with van der Waals surface area (Å²) in [5, 5.41) is 10.8. The fourth-order valence-electron chi connectivity index (χ4n) is 2.53. The van der Waals surface area contributed by atoms with Crippen molar-refractivity contribution in [1.29, 1.82) is 0 Å². The van der Waals surface area contributed by atoms with Crippen LogP contribution in [-0.4, -0.2) is 34.8 Å². The zero-order chi connectivity index (χ0) is 12.4. The summed E-state index contributed by atoms with van der Waals surface area (Å²) >= 11 is 0. The summed E-state index contributed by atoms with van der Waals surface area (Å²) < 4.78 is 1.93. The third-order valence-electron chi connectivity index (χ3n) is 3.93. The molecule has 106 valence electrons. The maximum atomic E-state index is 11.9. The monoisotopic (exact) mass is 284 g/mol. The highest BCUT2D eigenvalue weighted by Gasteiger charge is 2.22. The Morgan fingerprint density at radius 3 is 2.84 bits per heavy atom. The number of piperidine rings is 1. The maximum Gasteiger partial charge on any atom is 0.271 e. The Balaban J connectivity index is 0.00000133. The summed E-state index contributed by atoms with van der Waals surface area (Å²) in [5.41, 5.74) is 0.549. The largest absolute Gasteiger partial charge is 0.348 e. The molecule has 1 aromatic rings. The summed E-state index contributed by atoms with van der Waals surface area (Å²) in [6.07, 6.45) is 7.69. The van der Waals surface area contributed by atoms with E-state index in [1.54, 1.807) is 0 Å². The molecular weight excluding hydrogens is 264 g/mol. The number of hydrogen-bond acceptors (Lipinski definition) is 3. The van der Waals surface area contributed by atoms with E-state index in [4.69, 9.17) is 0 Å². The molecule has 2 heterocycles. The molecule has 1 saturated carbocycles. The lowest BCUT2D eigenvalue weighted by molar-refractivity contribution is 0.0910. The second kappa shape index (κ2) is 6.39. The zero-order valence-corrected chi connectivity index (χ0v) is 11.8. The molecule has 0 bridgehead atoms. The third kappa shape index (κ3) is 3.28. The quantitative estimate of drug-likeness (QED) is 0.885. The molecule has 2 aliphatic rings. The Hall–Kier alpha value is -1.07. The van der Waals surface area contributed by atoms with Gasteiger partial charge in [-0.15, -0.1) is 12.4 Å². The van der Waals surface area contributed by atoms with E-state index in [9.17, 15) is 4.79 Å². The van der Waals surface area contributed by atoms with E-state index in [0.29, 0.717) is 17.8 Å². The standard InChI is InChI=1S/C13H20N4O.ClH/c18-13(15-10-3-1-4-10)12-6-8-17(16-12)11-5-2-7-14-9-11;/h6,8,10-11,14H,1-5,7,9H2,(H,15,18);1H. The minimum atomic E-state index is -0.0257. The van der Waals surface area contributed by atoms with E-state index in [-0.39, 0.29) is 18.3 Å². The van der Waals surface area contributed by atoms with Gasteiger partial charge in [0.15, 0.2) is 0 Å². The van der Waals surface area contributed by atoms with E-state index < -0.39 is 0 Å². The van der Waals surface area contributed by atoms with Crippen molar-refractivity contribution in [1.82, 2.24) is 20.4 Å². The van der Waals surface area contributed by atoms with E-state index in [1.165, 1.54) is 12.8 Å². The molecule has 0 radical (unpaired) electrons. The number of amides is 1. The van der Waals surface area contributed by atoms with Gasteiger partial charge in [-0.05, 0) is 44.7 Å². The van der Waals surface area contributed by atoms with Crippen LogP contribution in [0.3, 0.4) is 0 Å². The van der Waals surface area contributed by atoms with Crippen LogP contribution in [0.15, 0.2) is 12.3 Å². The highest BCUT2D eigenvalue weighted by Crippen LogP contribution is 2.19. The molecule has 1 atom stereocenters. The first-order valence-corrected chi connectivity index (χ1v) is 6.89. The molecule has 2 fully saturated rings. The van der Waals surface area contributed by atoms with Gasteiger partial charge in [0.25, 0.3) is 5.91 Å². The van der Waals surface area contributed by atoms with Gasteiger partial charge < -0.3 is 10.6 Å². The van der Waals surface area contributed by atoms with Gasteiger partial charge in [0.1, 0.15) is 5.69 Å². The third-order valence-corrected chi connectivity index (χ3v) is 3.93. The molecule has 1 amide bonds. The van der Waals surface area contributed by atoms with Gasteiger partial charge in [-0.2, -0.15) is 5.10 Å². The van der Waals surface area contributed by atoms with Crippen LogP contribution >= 0.6 is 12.4 Å². The number of hydrogen-bond donors (Lipinski definition) is 2. The van der Waals surface area contributed by atoms with Crippen LogP contribution in [0.25, 0.3) is 0 Å². The molecule has 6 heteroatoms. The minimum absolute atomic E-state index is 0. The van der Waals surface area contributed by atoms with Crippen LogP contribution in [0.1, 0.15) is 48.6 Å². The first-order chi connectivity index (χ1) is 8.83. The first kappa shape index (κ1) is 14.3. The van der Waals surface area contributed by atoms with Gasteiger partial charge in [0.2, 0.25) is 0 Å². The van der Waals surface area contributed by atoms with Crippen molar-refractivity contribution in [2.24, 2.45) is 0 Å². The van der Waals surface area contributed by atoms with E-state index in [0.717, 1.165) is 32.4 Å². The molecule has 19 heavy (non-hydrogen) atoms. The van der Waals surface area contributed by atoms with Crippen LogP contribution < -0.4 is 10.6 Å². The van der Waals surface area contributed by atoms with Gasteiger partial charge >= 0.3 is 0 Å². The molecule has 1 unspecified atom stereocenters. The number of halogens is 1. The molecule has 0 spiro atoms. The van der Waals surface area contributed by atoms with Crippen LogP contribution in [0.5, 0.6) is 0 Å². The Morgan fingerprint density at radius 2 is 2.21 bits per heavy atom. The van der Waals surface area contributed by atoms with Crippen molar-refractivity contribution < 1.29 is 4.79 Å². The van der Waals surface area contributed by atoms with Crippen LogP contribution in [-0.2, 0) is 0 Å². The minimum Gasteiger partial charge on any atom is -0.348 e. The van der Waals surface area contributed by atoms with Crippen molar-refractivity contribution in [3.8, 4) is 0 Å². The lowest BCUT2D eigenvalue weighted by Gasteiger charge is -2.26. The van der Waals surface area contributed by atoms with Crippen molar-refractivity contribution in [2.75, 3.05) is 13.1 Å². The molecule has 1 saturated heterocycles. The second-order valence-electron chi connectivity index (χ2n) is 5.28. The average Bonchev–Trinajstić information content (AvgIpc) is 2.84. The van der Waals surface area contributed by atoms with Gasteiger partial charge in [0, 0.05) is 18.8 Å². The fraction of sp³-hybridized carbons (Fsp3) is 0.692. The number of carbonyl (C=O) groups is 1. The summed E-state index contributed by atoms with van der Waals surface area (Å²) in [7, 11) is 0. The molecule has 5 nitrogen and oxygen atoms in total. The SMILES string of the molecule is Cl.O=C(NC1CCC1)c1ccn(C2CCCNC2)n1. The normalized spacial score (nSPS) is 23.3. The van der Waals surface area contributed by atoms with Crippen molar-refractivity contribution in [2.45, 2.75) is 44.2 Å². The van der Waals surface area contributed by atoms with Gasteiger partial charge in [-0.1, -0.05) is 0 Å². The smallest absolute Gasteiger partial charge is 0.271 e. The van der Waals surface area contributed by atoms with E-state index >= 15 is 0 Å². The molecule has 1 aliphatic heterocycles. The number of carbonyl (C=O) groups excluding carboxylic acids is 1. The molecule has 3 rings (SSSR count). The van der Waals surface area contributed by atoms with Crippen molar-refractivity contribution >= 4 is 18.3 Å². The molecule has 0 aromatic carbocycles. The molecule has 1 aromatic heterocycles. The summed E-state index contributed by atoms with van der Waals surface area (Å²) in [6, 6.07) is 2.59. The Kier molecular flexibility index (Phi) is 4.82. The van der Waals surface area contributed by atoms with Crippen molar-refractivity contribution in [3.63, 3.8) is 0 Å². The van der Waals surface area contributed by atoms with Gasteiger partial charge in [-0.3, -0.25) is 9.48 Å². The fourth-order valence-corrected chi connectivity index (χ4v) is 2.53. The van der Waals surface area contributed by atoms with Gasteiger partial charge in [-0.25, -0.2) is 0 Å². The first-order valence-electron chi connectivity index (χ1n) is 6.89. The summed E-state index contributed by atoms with van der Waals surface area (Å²) in [5.74, 6) is -0.0257. The van der Waals surface area contributed by atoms with Gasteiger partial charge in [0.05, 0.1) is 6.04 Å². The van der Waals surface area contributed by atoms with Crippen LogP contribution in [0.2, 0.25) is 0 Å². The Labute approximate surface area is 119 Å². The number of rotatable bonds is 3. The van der Waals surface area contributed by atoms with E-state index in [1.807, 2.05) is 16.9 Å². The lowest BCUT2D eigenvalue weighted by Crippen LogP contribution is -2.39. The number of aromatic nitrogens is 2. The van der Waals surface area contributed by atoms with Crippen molar-refractivity contribution in [3.05, 3.63) is 18.0 Å². The molecule has 2 N–H and O–H groups in total. The van der Waals surface area contributed by atoms with Crippen LogP contribution in [0, 0.1) is 0 Å². The number of nitrogens with zero attached hydrogens (tertiary/aromatic N) is 2. The lowest BCUT2D eigenvalue weighted by atomic mass is 9.93. The number of nitrogens with one attached hydrogen (secondary N) is 2. The topological polar surface area (TPSA) is 59.0 Å². The predicted molar refractivity (Wildman–Crippen MR) is 75.7 cm³/mol. The predicted octanol–water partition coefficient (Wildman–Crippen LogP) is 1.51. The summed E-state index contributed by atoms with van der Waals surface area (Å²) in [6.45, 7) is 2.04. The Bertz CT molecular complexity index is 424. The highest BCUT2D eigenvalue weighted by atomic mass is 35.5. The second-order valence-corrected chi connectivity index (χ2v) is 5.28. The Morgan fingerprint density at radius 1 is 1.37 bits per heavy atom. The average molecular weight is 285 g/mol. The highest BCUT2D eigenvalue weighted by molar-refractivity contribution is 5.92. The zero-order valence-electron chi connectivity index (χ0n) is 11.0. The van der Waals surface area contributed by atoms with E-state index in [2.05, 4.69) is 15.7 Å². The van der Waals surface area contributed by atoms with Crippen LogP contribution in [0.4, 0.5) is 0 Å². The molecule has 1 aliphatic carbocycles. The molecular formula is C13H21ClN4O. The maximum absolute atomic E-state index is 11.9. The summed E-state index contributed by atoms with van der Waals surface area (Å²) in [4.78, 5) is 11.9.